The minimum atomic E-state index is -0.800. The lowest BCUT2D eigenvalue weighted by Gasteiger charge is -2.14. The summed E-state index contributed by atoms with van der Waals surface area (Å²) >= 11 is 0. The molecule has 0 heterocycles. The van der Waals surface area contributed by atoms with Gasteiger partial charge in [-0.3, -0.25) is 9.59 Å². The summed E-state index contributed by atoms with van der Waals surface area (Å²) in [5, 5.41) is 12.8. The predicted octanol–water partition coefficient (Wildman–Crippen LogP) is -0.833. The van der Waals surface area contributed by atoms with Crippen LogP contribution >= 0.6 is 0 Å². The maximum Gasteiger partial charge on any atom is 0.310 e. The molecule has 0 aromatic rings. The maximum absolute atomic E-state index is 11.2. The number of nitrogens with one attached hydrogen (secondary N) is 2. The average molecular weight is 213 g/mol. The Morgan fingerprint density at radius 2 is 2.13 bits per heavy atom. The molecule has 2 amide bonds. The highest BCUT2D eigenvalue weighted by Gasteiger charge is 2.16. The predicted molar refractivity (Wildman–Crippen MR) is 52.7 cm³/mol. The summed E-state index contributed by atoms with van der Waals surface area (Å²) in [6.07, 6.45) is 0.672. The van der Waals surface area contributed by atoms with Gasteiger partial charge in [0.25, 0.3) is 0 Å². The van der Waals surface area contributed by atoms with E-state index in [0.717, 1.165) is 0 Å². The zero-order chi connectivity index (χ0) is 11.7. The highest BCUT2D eigenvalue weighted by molar-refractivity contribution is 6.35. The Hall–Kier alpha value is -1.61. The maximum atomic E-state index is 11.2. The Balaban J connectivity index is 3.99. The third-order valence-electron chi connectivity index (χ3n) is 1.73. The molecular formula is C9H15N3O3. The van der Waals surface area contributed by atoms with Crippen molar-refractivity contribution in [2.24, 2.45) is 0 Å². The van der Waals surface area contributed by atoms with Crippen LogP contribution in [0.25, 0.3) is 0 Å². The van der Waals surface area contributed by atoms with Gasteiger partial charge in [-0.1, -0.05) is 6.92 Å². The Morgan fingerprint density at radius 3 is 2.60 bits per heavy atom. The fourth-order valence-electron chi connectivity index (χ4n) is 0.914. The molecule has 84 valence electrons. The molecule has 0 aliphatic rings. The minimum absolute atomic E-state index is 0.173. The van der Waals surface area contributed by atoms with Crippen LogP contribution in [-0.2, 0) is 14.3 Å². The minimum Gasteiger partial charge on any atom is -0.383 e. The molecule has 0 saturated heterocycles. The molecule has 0 aliphatic heterocycles. The first kappa shape index (κ1) is 13.4. The van der Waals surface area contributed by atoms with E-state index in [1.54, 1.807) is 6.07 Å². The molecule has 6 heteroatoms. The van der Waals surface area contributed by atoms with Gasteiger partial charge in [0, 0.05) is 7.11 Å². The molecule has 0 aromatic heterocycles. The largest absolute Gasteiger partial charge is 0.383 e. The van der Waals surface area contributed by atoms with Gasteiger partial charge < -0.3 is 15.4 Å². The number of amides is 2. The average Bonchev–Trinajstić information content (AvgIpc) is 2.24. The molecule has 0 rings (SSSR count). The van der Waals surface area contributed by atoms with Crippen LogP contribution in [0.15, 0.2) is 0 Å². The van der Waals surface area contributed by atoms with Crippen molar-refractivity contribution in [1.82, 2.24) is 10.6 Å². The zero-order valence-corrected chi connectivity index (χ0v) is 8.87. The number of nitriles is 1. The van der Waals surface area contributed by atoms with E-state index >= 15 is 0 Å². The van der Waals surface area contributed by atoms with Crippen molar-refractivity contribution in [3.63, 3.8) is 0 Å². The first-order chi connectivity index (χ1) is 7.15. The molecule has 0 spiro atoms. The van der Waals surface area contributed by atoms with Crippen molar-refractivity contribution in [1.29, 1.82) is 5.26 Å². The zero-order valence-electron chi connectivity index (χ0n) is 8.87. The van der Waals surface area contributed by atoms with Gasteiger partial charge in [0.15, 0.2) is 0 Å². The van der Waals surface area contributed by atoms with Gasteiger partial charge in [-0.05, 0) is 6.42 Å². The summed E-state index contributed by atoms with van der Waals surface area (Å²) in [4.78, 5) is 22.2. The number of hydrogen-bond acceptors (Lipinski definition) is 4. The van der Waals surface area contributed by atoms with Gasteiger partial charge in [-0.25, -0.2) is 0 Å². The van der Waals surface area contributed by atoms with Crippen LogP contribution in [0.1, 0.15) is 13.3 Å². The van der Waals surface area contributed by atoms with E-state index in [1.807, 2.05) is 6.92 Å². The summed E-state index contributed by atoms with van der Waals surface area (Å²) in [5.41, 5.74) is 0. The number of ether oxygens (including phenoxy) is 1. The fourth-order valence-corrected chi connectivity index (χ4v) is 0.914. The van der Waals surface area contributed by atoms with Crippen LogP contribution in [0.4, 0.5) is 0 Å². The Morgan fingerprint density at radius 1 is 1.47 bits per heavy atom. The number of carbonyl (C=O) groups is 2. The van der Waals surface area contributed by atoms with Crippen LogP contribution in [-0.4, -0.2) is 38.1 Å². The molecule has 0 radical (unpaired) electrons. The quantitative estimate of drug-likeness (QED) is 0.460. The van der Waals surface area contributed by atoms with Crippen LogP contribution in [0.5, 0.6) is 0 Å². The molecule has 0 bridgehead atoms. The molecule has 6 nitrogen and oxygen atoms in total. The SMILES string of the molecule is CCC(COC)NC(=O)C(=O)NCC#N. The third kappa shape index (κ3) is 5.65. The molecule has 0 saturated carbocycles. The molecular weight excluding hydrogens is 198 g/mol. The second kappa shape index (κ2) is 7.76. The van der Waals surface area contributed by atoms with Crippen molar-refractivity contribution in [2.45, 2.75) is 19.4 Å². The number of nitrogens with zero attached hydrogens (tertiary/aromatic N) is 1. The van der Waals surface area contributed by atoms with E-state index in [0.29, 0.717) is 13.0 Å². The van der Waals surface area contributed by atoms with E-state index in [2.05, 4.69) is 10.6 Å². The van der Waals surface area contributed by atoms with E-state index in [9.17, 15) is 9.59 Å². The van der Waals surface area contributed by atoms with Crippen molar-refractivity contribution in [2.75, 3.05) is 20.3 Å². The summed E-state index contributed by atoms with van der Waals surface area (Å²) in [7, 11) is 1.52. The standard InChI is InChI=1S/C9H15N3O3/c1-3-7(6-15-2)12-9(14)8(13)11-5-4-10/h7H,3,5-6H2,1-2H3,(H,11,13)(H,12,14). The normalized spacial score (nSPS) is 11.3. The van der Waals surface area contributed by atoms with E-state index in [1.165, 1.54) is 7.11 Å². The number of carbonyl (C=O) groups excluding carboxylic acids is 2. The van der Waals surface area contributed by atoms with Gasteiger partial charge in [0.2, 0.25) is 0 Å². The van der Waals surface area contributed by atoms with Crippen LogP contribution in [0, 0.1) is 11.3 Å². The summed E-state index contributed by atoms with van der Waals surface area (Å²) < 4.78 is 4.86. The van der Waals surface area contributed by atoms with Crippen LogP contribution in [0.2, 0.25) is 0 Å². The molecule has 0 fully saturated rings. The third-order valence-corrected chi connectivity index (χ3v) is 1.73. The smallest absolute Gasteiger partial charge is 0.310 e. The van der Waals surface area contributed by atoms with E-state index < -0.39 is 11.8 Å². The van der Waals surface area contributed by atoms with Crippen molar-refractivity contribution in [3.05, 3.63) is 0 Å². The molecule has 1 atom stereocenters. The van der Waals surface area contributed by atoms with Gasteiger partial charge >= 0.3 is 11.8 Å². The number of rotatable bonds is 5. The molecule has 15 heavy (non-hydrogen) atoms. The second-order valence-corrected chi connectivity index (χ2v) is 2.87. The Labute approximate surface area is 88.6 Å². The van der Waals surface area contributed by atoms with Crippen molar-refractivity contribution >= 4 is 11.8 Å². The topological polar surface area (TPSA) is 91.2 Å². The second-order valence-electron chi connectivity index (χ2n) is 2.87. The van der Waals surface area contributed by atoms with Gasteiger partial charge in [0.05, 0.1) is 18.7 Å². The summed E-state index contributed by atoms with van der Waals surface area (Å²) in [6, 6.07) is 1.52. The summed E-state index contributed by atoms with van der Waals surface area (Å²) in [5.74, 6) is -1.54. The Kier molecular flexibility index (Phi) is 6.93. The molecule has 2 N–H and O–H groups in total. The Bertz CT molecular complexity index is 260. The van der Waals surface area contributed by atoms with Gasteiger partial charge in [-0.15, -0.1) is 0 Å². The lowest BCUT2D eigenvalue weighted by Crippen LogP contribution is -2.46. The first-order valence-corrected chi connectivity index (χ1v) is 4.60. The van der Waals surface area contributed by atoms with Crippen LogP contribution < -0.4 is 10.6 Å². The lowest BCUT2D eigenvalue weighted by molar-refractivity contribution is -0.139. The summed E-state index contributed by atoms with van der Waals surface area (Å²) in [6.45, 7) is 2.05. The molecule has 1 unspecified atom stereocenters. The highest BCUT2D eigenvalue weighted by atomic mass is 16.5. The monoisotopic (exact) mass is 213 g/mol. The van der Waals surface area contributed by atoms with Crippen molar-refractivity contribution < 1.29 is 14.3 Å². The first-order valence-electron chi connectivity index (χ1n) is 4.60. The van der Waals surface area contributed by atoms with E-state index in [4.69, 9.17) is 10.00 Å². The number of hydrogen-bond donors (Lipinski definition) is 2. The van der Waals surface area contributed by atoms with Gasteiger partial charge in [-0.2, -0.15) is 5.26 Å². The highest BCUT2D eigenvalue weighted by Crippen LogP contribution is 1.90. The van der Waals surface area contributed by atoms with Crippen molar-refractivity contribution in [3.8, 4) is 6.07 Å². The lowest BCUT2D eigenvalue weighted by atomic mass is 10.2. The van der Waals surface area contributed by atoms with E-state index in [-0.39, 0.29) is 12.6 Å². The number of methoxy groups -OCH3 is 1. The van der Waals surface area contributed by atoms with Crippen LogP contribution in [0.3, 0.4) is 0 Å². The molecule has 0 aliphatic carbocycles. The fraction of sp³-hybridized carbons (Fsp3) is 0.667. The molecule has 0 aromatic carbocycles. The van der Waals surface area contributed by atoms with Gasteiger partial charge in [0.1, 0.15) is 6.54 Å².